The molecule has 0 amide bonds. The molecule has 0 spiro atoms. The Morgan fingerprint density at radius 3 is 1.55 bits per heavy atom. The summed E-state index contributed by atoms with van der Waals surface area (Å²) < 4.78 is 135. The van der Waals surface area contributed by atoms with Gasteiger partial charge in [0.25, 0.3) is 6.01 Å². The van der Waals surface area contributed by atoms with Crippen molar-refractivity contribution in [1.82, 2.24) is 0 Å². The molecule has 0 aliphatic heterocycles. The first-order valence-corrected chi connectivity index (χ1v) is 5.54. The van der Waals surface area contributed by atoms with Gasteiger partial charge in [0, 0.05) is 6.61 Å². The molecule has 12 heteroatoms. The van der Waals surface area contributed by atoms with Crippen molar-refractivity contribution in [3.63, 3.8) is 0 Å². The molecule has 0 rings (SSSR count). The highest BCUT2D eigenvalue weighted by Gasteiger charge is 2.78. The fourth-order valence-corrected chi connectivity index (χ4v) is 1.32. The standard InChI is InChI=1S/C10H10F10O2/c1-3-21-6(11)5(8(13,14)15)7(12,22-4-2)9(16,17)10(18,19)20/h3-4H2,1-2H3. The Morgan fingerprint density at radius 1 is 0.818 bits per heavy atom. The molecule has 1 unspecified atom stereocenters. The van der Waals surface area contributed by atoms with Crippen molar-refractivity contribution in [1.29, 1.82) is 0 Å². The number of hydrogen-bond donors (Lipinski definition) is 0. The van der Waals surface area contributed by atoms with Gasteiger partial charge in [0.15, 0.2) is 5.57 Å². The van der Waals surface area contributed by atoms with E-state index >= 15 is 0 Å². The SMILES string of the molecule is CCOC(F)=C(C(F)(F)F)C(F)(OCC)C(F)(F)C(F)(F)F. The largest absolute Gasteiger partial charge is 0.471 e. The van der Waals surface area contributed by atoms with Gasteiger partial charge in [0.1, 0.15) is 0 Å². The zero-order valence-corrected chi connectivity index (χ0v) is 11.0. The summed E-state index contributed by atoms with van der Waals surface area (Å²) in [6.07, 6.45) is -13.0. The van der Waals surface area contributed by atoms with Crippen LogP contribution in [-0.4, -0.2) is 37.3 Å². The summed E-state index contributed by atoms with van der Waals surface area (Å²) in [4.78, 5) is 0. The second-order valence-electron chi connectivity index (χ2n) is 3.68. The van der Waals surface area contributed by atoms with Gasteiger partial charge >= 0.3 is 24.1 Å². The molecule has 0 fully saturated rings. The van der Waals surface area contributed by atoms with E-state index < -0.39 is 48.9 Å². The maximum atomic E-state index is 14.0. The highest BCUT2D eigenvalue weighted by molar-refractivity contribution is 5.25. The zero-order chi connectivity index (χ0) is 18.0. The minimum Gasteiger partial charge on any atom is -0.471 e. The van der Waals surface area contributed by atoms with E-state index in [1.165, 1.54) is 0 Å². The van der Waals surface area contributed by atoms with Crippen molar-refractivity contribution >= 4 is 0 Å². The molecule has 0 N–H and O–H groups in total. The highest BCUT2D eigenvalue weighted by atomic mass is 19.4. The molecule has 0 saturated carbocycles. The van der Waals surface area contributed by atoms with Gasteiger partial charge in [-0.1, -0.05) is 0 Å². The third-order valence-electron chi connectivity index (χ3n) is 2.18. The fraction of sp³-hybridized carbons (Fsp3) is 0.800. The van der Waals surface area contributed by atoms with Crippen molar-refractivity contribution in [3.8, 4) is 0 Å². The van der Waals surface area contributed by atoms with E-state index in [0.717, 1.165) is 6.92 Å². The molecule has 1 atom stereocenters. The molecule has 2 nitrogen and oxygen atoms in total. The molecule has 0 heterocycles. The van der Waals surface area contributed by atoms with Gasteiger partial charge in [-0.25, -0.2) is 0 Å². The Morgan fingerprint density at radius 2 is 1.27 bits per heavy atom. The molecule has 0 aromatic rings. The molecular formula is C10H10F10O2. The first-order valence-electron chi connectivity index (χ1n) is 5.54. The van der Waals surface area contributed by atoms with Crippen molar-refractivity contribution in [3.05, 3.63) is 11.6 Å². The van der Waals surface area contributed by atoms with Gasteiger partial charge in [-0.15, -0.1) is 0 Å². The molecule has 22 heavy (non-hydrogen) atoms. The van der Waals surface area contributed by atoms with Crippen LogP contribution in [0.2, 0.25) is 0 Å². The van der Waals surface area contributed by atoms with E-state index in [2.05, 4.69) is 9.47 Å². The Labute approximate surface area is 117 Å². The van der Waals surface area contributed by atoms with Gasteiger partial charge in [-0.3, -0.25) is 0 Å². The first-order chi connectivity index (χ1) is 9.66. The topological polar surface area (TPSA) is 18.5 Å². The van der Waals surface area contributed by atoms with Gasteiger partial charge in [0.2, 0.25) is 0 Å². The number of alkyl halides is 9. The normalized spacial score (nSPS) is 17.8. The van der Waals surface area contributed by atoms with Gasteiger partial charge in [-0.05, 0) is 13.8 Å². The van der Waals surface area contributed by atoms with Gasteiger partial charge in [-0.2, -0.15) is 43.9 Å². The summed E-state index contributed by atoms with van der Waals surface area (Å²) >= 11 is 0. The van der Waals surface area contributed by atoms with Gasteiger partial charge in [0.05, 0.1) is 6.61 Å². The lowest BCUT2D eigenvalue weighted by Gasteiger charge is -2.35. The van der Waals surface area contributed by atoms with Crippen LogP contribution in [0.25, 0.3) is 0 Å². The quantitative estimate of drug-likeness (QED) is 0.511. The third kappa shape index (κ3) is 3.76. The lowest BCUT2D eigenvalue weighted by Crippen LogP contribution is -2.59. The summed E-state index contributed by atoms with van der Waals surface area (Å²) in [6.45, 7) is -0.671. The van der Waals surface area contributed by atoms with Crippen LogP contribution in [0.15, 0.2) is 11.6 Å². The van der Waals surface area contributed by atoms with Crippen molar-refractivity contribution in [2.75, 3.05) is 13.2 Å². The molecule has 0 aliphatic rings. The van der Waals surface area contributed by atoms with Crippen LogP contribution in [0.3, 0.4) is 0 Å². The van der Waals surface area contributed by atoms with Crippen molar-refractivity contribution < 1.29 is 53.4 Å². The fourth-order valence-electron chi connectivity index (χ4n) is 1.32. The number of ether oxygens (including phenoxy) is 2. The molecule has 0 aromatic heterocycles. The summed E-state index contributed by atoms with van der Waals surface area (Å²) in [5.41, 5.74) is -3.54. The Balaban J connectivity index is 6.47. The minimum absolute atomic E-state index is 0.646. The Bertz CT molecular complexity index is 411. The minimum atomic E-state index is -6.78. The maximum Gasteiger partial charge on any atom is 0.459 e. The van der Waals surface area contributed by atoms with Crippen LogP contribution < -0.4 is 0 Å². The average molecular weight is 352 g/mol. The monoisotopic (exact) mass is 352 g/mol. The van der Waals surface area contributed by atoms with Crippen LogP contribution in [0.4, 0.5) is 43.9 Å². The molecule has 0 radical (unpaired) electrons. The van der Waals surface area contributed by atoms with Crippen LogP contribution in [-0.2, 0) is 9.47 Å². The number of halogens is 10. The summed E-state index contributed by atoms with van der Waals surface area (Å²) in [5.74, 6) is -12.5. The van der Waals surface area contributed by atoms with Crippen LogP contribution in [0, 0.1) is 0 Å². The lowest BCUT2D eigenvalue weighted by atomic mass is 10.00. The van der Waals surface area contributed by atoms with E-state index in [1.807, 2.05) is 0 Å². The molecule has 0 aliphatic carbocycles. The number of rotatable bonds is 6. The zero-order valence-electron chi connectivity index (χ0n) is 11.0. The molecule has 0 saturated heterocycles. The third-order valence-corrected chi connectivity index (χ3v) is 2.18. The summed E-state index contributed by atoms with van der Waals surface area (Å²) in [7, 11) is 0. The highest BCUT2D eigenvalue weighted by Crippen LogP contribution is 2.54. The molecule has 132 valence electrons. The van der Waals surface area contributed by atoms with Crippen molar-refractivity contribution in [2.24, 2.45) is 0 Å². The molecular weight excluding hydrogens is 342 g/mol. The number of hydrogen-bond acceptors (Lipinski definition) is 2. The summed E-state index contributed by atoms with van der Waals surface area (Å²) in [6, 6.07) is -2.98. The predicted molar refractivity (Wildman–Crippen MR) is 52.3 cm³/mol. The lowest BCUT2D eigenvalue weighted by molar-refractivity contribution is -0.378. The van der Waals surface area contributed by atoms with E-state index in [0.29, 0.717) is 6.92 Å². The van der Waals surface area contributed by atoms with Crippen molar-refractivity contribution in [2.45, 2.75) is 38.0 Å². The smallest absolute Gasteiger partial charge is 0.459 e. The Kier molecular flexibility index (Phi) is 6.15. The van der Waals surface area contributed by atoms with E-state index in [-0.39, 0.29) is 0 Å². The predicted octanol–water partition coefficient (Wildman–Crippen LogP) is 4.67. The second-order valence-corrected chi connectivity index (χ2v) is 3.68. The van der Waals surface area contributed by atoms with E-state index in [4.69, 9.17) is 0 Å². The van der Waals surface area contributed by atoms with Gasteiger partial charge < -0.3 is 9.47 Å². The van der Waals surface area contributed by atoms with Crippen LogP contribution >= 0.6 is 0 Å². The summed E-state index contributed by atoms with van der Waals surface area (Å²) in [5, 5.41) is 0. The average Bonchev–Trinajstić information content (AvgIpc) is 2.25. The van der Waals surface area contributed by atoms with Crippen LogP contribution in [0.5, 0.6) is 0 Å². The first kappa shape index (κ1) is 20.8. The maximum absolute atomic E-state index is 14.0. The Hall–Kier alpha value is -1.20. The van der Waals surface area contributed by atoms with E-state index in [1.54, 1.807) is 0 Å². The van der Waals surface area contributed by atoms with E-state index in [9.17, 15) is 43.9 Å². The molecule has 0 bridgehead atoms. The van der Waals surface area contributed by atoms with Crippen LogP contribution in [0.1, 0.15) is 13.8 Å². The molecule has 0 aromatic carbocycles. The second kappa shape index (κ2) is 6.50.